The lowest BCUT2D eigenvalue weighted by Gasteiger charge is -2.28. The summed E-state index contributed by atoms with van der Waals surface area (Å²) in [5.41, 5.74) is 1.78. The van der Waals surface area contributed by atoms with Gasteiger partial charge >= 0.3 is 0 Å². The number of rotatable bonds is 1. The number of likely N-dealkylation sites (tertiary alicyclic amines) is 1. The lowest BCUT2D eigenvalue weighted by atomic mass is 9.94. The second kappa shape index (κ2) is 4.62. The van der Waals surface area contributed by atoms with Crippen LogP contribution in [0.5, 0.6) is 0 Å². The number of hydrogen-bond acceptors (Lipinski definition) is 4. The van der Waals surface area contributed by atoms with Crippen molar-refractivity contribution in [3.63, 3.8) is 0 Å². The number of nitrogens with one attached hydrogen (secondary N) is 1. The van der Waals surface area contributed by atoms with E-state index in [1.807, 2.05) is 4.57 Å². The van der Waals surface area contributed by atoms with Crippen LogP contribution in [0.15, 0.2) is 0 Å². The Labute approximate surface area is 107 Å². The summed E-state index contributed by atoms with van der Waals surface area (Å²) in [5.74, 6) is 1.30. The molecule has 1 aromatic rings. The molecule has 5 heteroatoms. The SMILES string of the molecule is CN1CCCC(c2nc3n(c2C#N)CCCN3)C1. The van der Waals surface area contributed by atoms with Gasteiger partial charge in [0.15, 0.2) is 0 Å². The molecule has 5 nitrogen and oxygen atoms in total. The Morgan fingerprint density at radius 1 is 1.39 bits per heavy atom. The van der Waals surface area contributed by atoms with Gasteiger partial charge in [0, 0.05) is 25.6 Å². The van der Waals surface area contributed by atoms with Gasteiger partial charge in [-0.15, -0.1) is 0 Å². The molecule has 1 atom stereocenters. The maximum atomic E-state index is 9.41. The lowest BCUT2D eigenvalue weighted by Crippen LogP contribution is -2.31. The Bertz CT molecular complexity index is 484. The quantitative estimate of drug-likeness (QED) is 0.812. The summed E-state index contributed by atoms with van der Waals surface area (Å²) in [4.78, 5) is 7.02. The summed E-state index contributed by atoms with van der Waals surface area (Å²) in [6.45, 7) is 4.06. The van der Waals surface area contributed by atoms with Gasteiger partial charge in [0.25, 0.3) is 0 Å². The fourth-order valence-electron chi connectivity index (χ4n) is 3.05. The summed E-state index contributed by atoms with van der Waals surface area (Å²) in [5, 5.41) is 12.7. The lowest BCUT2D eigenvalue weighted by molar-refractivity contribution is 0.248. The zero-order valence-electron chi connectivity index (χ0n) is 10.8. The zero-order chi connectivity index (χ0) is 12.5. The van der Waals surface area contributed by atoms with E-state index in [0.717, 1.165) is 56.4 Å². The number of nitrogens with zero attached hydrogens (tertiary/aromatic N) is 4. The molecule has 0 saturated carbocycles. The summed E-state index contributed by atoms with van der Waals surface area (Å²) in [6.07, 6.45) is 3.42. The van der Waals surface area contributed by atoms with Gasteiger partial charge in [-0.25, -0.2) is 4.98 Å². The largest absolute Gasteiger partial charge is 0.356 e. The Kier molecular flexibility index (Phi) is 2.96. The van der Waals surface area contributed by atoms with Crippen LogP contribution in [0.3, 0.4) is 0 Å². The molecule has 0 spiro atoms. The molecule has 0 amide bonds. The highest BCUT2D eigenvalue weighted by Crippen LogP contribution is 2.30. The van der Waals surface area contributed by atoms with Crippen LogP contribution in [0.25, 0.3) is 0 Å². The molecule has 0 bridgehead atoms. The van der Waals surface area contributed by atoms with Crippen molar-refractivity contribution in [3.05, 3.63) is 11.4 Å². The van der Waals surface area contributed by atoms with Gasteiger partial charge in [-0.3, -0.25) is 0 Å². The van der Waals surface area contributed by atoms with Crippen molar-refractivity contribution in [2.24, 2.45) is 0 Å². The fraction of sp³-hybridized carbons (Fsp3) is 0.692. The monoisotopic (exact) mass is 245 g/mol. The van der Waals surface area contributed by atoms with Crippen molar-refractivity contribution >= 4 is 5.95 Å². The first-order valence-corrected chi connectivity index (χ1v) is 6.72. The Morgan fingerprint density at radius 3 is 3.06 bits per heavy atom. The van der Waals surface area contributed by atoms with Gasteiger partial charge in [0.05, 0.1) is 5.69 Å². The van der Waals surface area contributed by atoms with Crippen LogP contribution >= 0.6 is 0 Å². The molecule has 1 aromatic heterocycles. The number of nitriles is 1. The standard InChI is InChI=1S/C13H19N5/c1-17-6-2-4-10(9-17)12-11(8-14)18-7-3-5-15-13(18)16-12/h10H,2-7,9H2,1H3,(H,15,16). The van der Waals surface area contributed by atoms with Crippen molar-refractivity contribution in [2.45, 2.75) is 31.7 Å². The Balaban J connectivity index is 1.96. The molecule has 0 aliphatic carbocycles. The molecule has 3 heterocycles. The van der Waals surface area contributed by atoms with E-state index in [4.69, 9.17) is 0 Å². The van der Waals surface area contributed by atoms with Gasteiger partial charge in [-0.2, -0.15) is 5.26 Å². The predicted octanol–water partition coefficient (Wildman–Crippen LogP) is 1.38. The topological polar surface area (TPSA) is 56.9 Å². The van der Waals surface area contributed by atoms with Crippen molar-refractivity contribution < 1.29 is 0 Å². The first kappa shape index (κ1) is 11.5. The van der Waals surface area contributed by atoms with E-state index in [9.17, 15) is 5.26 Å². The van der Waals surface area contributed by atoms with Gasteiger partial charge in [-0.05, 0) is 32.9 Å². The molecule has 1 N–H and O–H groups in total. The summed E-state index contributed by atoms with van der Waals surface area (Å²) in [7, 11) is 2.15. The minimum absolute atomic E-state index is 0.415. The molecule has 0 radical (unpaired) electrons. The van der Waals surface area contributed by atoms with E-state index in [2.05, 4.69) is 28.3 Å². The maximum absolute atomic E-state index is 9.41. The zero-order valence-corrected chi connectivity index (χ0v) is 10.8. The molecular formula is C13H19N5. The number of likely N-dealkylation sites (N-methyl/N-ethyl adjacent to an activating group) is 1. The molecule has 2 aliphatic rings. The van der Waals surface area contributed by atoms with E-state index in [-0.39, 0.29) is 0 Å². The van der Waals surface area contributed by atoms with Crippen molar-refractivity contribution in [2.75, 3.05) is 32.0 Å². The first-order valence-electron chi connectivity index (χ1n) is 6.72. The Morgan fingerprint density at radius 2 is 2.28 bits per heavy atom. The average Bonchev–Trinajstić information content (AvgIpc) is 2.77. The smallest absolute Gasteiger partial charge is 0.204 e. The Hall–Kier alpha value is -1.54. The summed E-state index contributed by atoms with van der Waals surface area (Å²) in [6, 6.07) is 2.36. The number of imidazole rings is 1. The third-order valence-corrected chi connectivity index (χ3v) is 3.95. The second-order valence-electron chi connectivity index (χ2n) is 5.31. The molecule has 1 saturated heterocycles. The minimum atomic E-state index is 0.415. The van der Waals surface area contributed by atoms with Crippen molar-refractivity contribution in [3.8, 4) is 6.07 Å². The average molecular weight is 245 g/mol. The minimum Gasteiger partial charge on any atom is -0.356 e. The number of hydrogen-bond donors (Lipinski definition) is 1. The summed E-state index contributed by atoms with van der Waals surface area (Å²) >= 11 is 0. The van der Waals surface area contributed by atoms with Crippen LogP contribution in [-0.4, -0.2) is 41.1 Å². The molecule has 1 fully saturated rings. The highest BCUT2D eigenvalue weighted by atomic mass is 15.2. The molecule has 2 aliphatic heterocycles. The number of aromatic nitrogens is 2. The maximum Gasteiger partial charge on any atom is 0.204 e. The molecule has 1 unspecified atom stereocenters. The summed E-state index contributed by atoms with van der Waals surface area (Å²) < 4.78 is 2.05. The highest BCUT2D eigenvalue weighted by molar-refractivity contribution is 5.43. The van der Waals surface area contributed by atoms with Gasteiger partial charge < -0.3 is 14.8 Å². The van der Waals surface area contributed by atoms with Crippen molar-refractivity contribution in [1.29, 1.82) is 5.26 Å². The van der Waals surface area contributed by atoms with E-state index in [0.29, 0.717) is 5.92 Å². The van der Waals surface area contributed by atoms with Crippen LogP contribution in [0.1, 0.15) is 36.6 Å². The normalized spacial score (nSPS) is 24.1. The third-order valence-electron chi connectivity index (χ3n) is 3.95. The van der Waals surface area contributed by atoms with Gasteiger partial charge in [0.2, 0.25) is 5.95 Å². The molecule has 18 heavy (non-hydrogen) atoms. The van der Waals surface area contributed by atoms with E-state index in [1.165, 1.54) is 6.42 Å². The highest BCUT2D eigenvalue weighted by Gasteiger charge is 2.27. The molecule has 96 valence electrons. The van der Waals surface area contributed by atoms with E-state index in [1.54, 1.807) is 0 Å². The number of fused-ring (bicyclic) bond motifs is 1. The fourth-order valence-corrected chi connectivity index (χ4v) is 3.05. The van der Waals surface area contributed by atoms with Crippen LogP contribution in [-0.2, 0) is 6.54 Å². The number of anilines is 1. The molecule has 3 rings (SSSR count). The number of piperidine rings is 1. The third kappa shape index (κ3) is 1.87. The second-order valence-corrected chi connectivity index (χ2v) is 5.31. The predicted molar refractivity (Wildman–Crippen MR) is 69.5 cm³/mol. The van der Waals surface area contributed by atoms with Crippen LogP contribution in [0.4, 0.5) is 5.95 Å². The first-order chi connectivity index (χ1) is 8.79. The van der Waals surface area contributed by atoms with Gasteiger partial charge in [-0.1, -0.05) is 0 Å². The van der Waals surface area contributed by atoms with Crippen molar-refractivity contribution in [1.82, 2.24) is 14.5 Å². The van der Waals surface area contributed by atoms with E-state index >= 15 is 0 Å². The van der Waals surface area contributed by atoms with E-state index < -0.39 is 0 Å². The van der Waals surface area contributed by atoms with Crippen LogP contribution in [0.2, 0.25) is 0 Å². The van der Waals surface area contributed by atoms with Crippen LogP contribution in [0, 0.1) is 11.3 Å². The van der Waals surface area contributed by atoms with Gasteiger partial charge in [0.1, 0.15) is 11.8 Å². The molecule has 0 aromatic carbocycles. The van der Waals surface area contributed by atoms with Crippen LogP contribution < -0.4 is 5.32 Å². The molecular weight excluding hydrogens is 226 g/mol.